The van der Waals surface area contributed by atoms with Gasteiger partial charge in [0.05, 0.1) is 25.7 Å². The van der Waals surface area contributed by atoms with E-state index in [1.165, 1.54) is 20.3 Å². The number of halogens is 3. The second-order valence-corrected chi connectivity index (χ2v) is 5.19. The van der Waals surface area contributed by atoms with E-state index in [0.29, 0.717) is 24.2 Å². The molecule has 1 aromatic carbocycles. The molecule has 2 unspecified atom stereocenters. The number of aryl methyl sites for hydroxylation is 1. The van der Waals surface area contributed by atoms with Crippen molar-refractivity contribution in [2.24, 2.45) is 11.8 Å². The molecular weight excluding hydrogens is 285 g/mol. The summed E-state index contributed by atoms with van der Waals surface area (Å²) in [5.74, 6) is 0.290. The summed E-state index contributed by atoms with van der Waals surface area (Å²) in [4.78, 5) is 11.3. The molecule has 0 amide bonds. The van der Waals surface area contributed by atoms with E-state index in [2.05, 4.69) is 4.74 Å². The Morgan fingerprint density at radius 2 is 2.05 bits per heavy atom. The Morgan fingerprint density at radius 1 is 1.33 bits per heavy atom. The van der Waals surface area contributed by atoms with Gasteiger partial charge in [0.25, 0.3) is 0 Å². The molecule has 1 aliphatic rings. The van der Waals surface area contributed by atoms with E-state index in [1.807, 2.05) is 0 Å². The van der Waals surface area contributed by atoms with Gasteiger partial charge in [-0.3, -0.25) is 4.79 Å². The molecule has 0 aliphatic heterocycles. The van der Waals surface area contributed by atoms with Crippen molar-refractivity contribution >= 4 is 5.97 Å². The number of alkyl halides is 3. The standard InChI is InChI=1S/C15H17F3O3/c1-20-13-6-5-11(15(16,17)18)7-10(13)4-3-9-8-12(9)14(19)21-2/h5-7,9,12H,3-4,8H2,1-2H3. The highest BCUT2D eigenvalue weighted by atomic mass is 19.4. The molecule has 1 aliphatic carbocycles. The second-order valence-electron chi connectivity index (χ2n) is 5.19. The largest absolute Gasteiger partial charge is 0.496 e. The molecule has 0 spiro atoms. The Hall–Kier alpha value is -1.72. The Bertz CT molecular complexity index is 525. The normalized spacial score (nSPS) is 21.0. The van der Waals surface area contributed by atoms with Crippen LogP contribution in [0.2, 0.25) is 0 Å². The molecule has 0 heterocycles. The molecule has 0 bridgehead atoms. The van der Waals surface area contributed by atoms with E-state index in [1.54, 1.807) is 0 Å². The molecule has 0 saturated heterocycles. The van der Waals surface area contributed by atoms with Crippen molar-refractivity contribution in [1.82, 2.24) is 0 Å². The second kappa shape index (κ2) is 5.95. The van der Waals surface area contributed by atoms with E-state index in [4.69, 9.17) is 4.74 Å². The summed E-state index contributed by atoms with van der Waals surface area (Å²) >= 11 is 0. The maximum Gasteiger partial charge on any atom is 0.416 e. The summed E-state index contributed by atoms with van der Waals surface area (Å²) in [7, 11) is 2.77. The number of benzene rings is 1. The summed E-state index contributed by atoms with van der Waals surface area (Å²) < 4.78 is 47.9. The topological polar surface area (TPSA) is 35.5 Å². The van der Waals surface area contributed by atoms with Crippen LogP contribution in [0.1, 0.15) is 24.0 Å². The Labute approximate surface area is 121 Å². The zero-order valence-electron chi connectivity index (χ0n) is 11.9. The minimum Gasteiger partial charge on any atom is -0.496 e. The average Bonchev–Trinajstić information content (AvgIpc) is 3.22. The van der Waals surface area contributed by atoms with Crippen molar-refractivity contribution in [2.45, 2.75) is 25.4 Å². The molecule has 21 heavy (non-hydrogen) atoms. The van der Waals surface area contributed by atoms with E-state index in [0.717, 1.165) is 18.6 Å². The highest BCUT2D eigenvalue weighted by molar-refractivity contribution is 5.75. The van der Waals surface area contributed by atoms with Crippen LogP contribution in [-0.4, -0.2) is 20.2 Å². The monoisotopic (exact) mass is 302 g/mol. The van der Waals surface area contributed by atoms with Crippen molar-refractivity contribution in [1.29, 1.82) is 0 Å². The van der Waals surface area contributed by atoms with Gasteiger partial charge in [0.2, 0.25) is 0 Å². The van der Waals surface area contributed by atoms with Crippen molar-refractivity contribution < 1.29 is 27.4 Å². The van der Waals surface area contributed by atoms with Gasteiger partial charge in [-0.15, -0.1) is 0 Å². The van der Waals surface area contributed by atoms with Gasteiger partial charge in [-0.1, -0.05) is 0 Å². The third kappa shape index (κ3) is 3.68. The summed E-state index contributed by atoms with van der Waals surface area (Å²) in [5, 5.41) is 0. The Kier molecular flexibility index (Phi) is 4.44. The number of hydrogen-bond donors (Lipinski definition) is 0. The van der Waals surface area contributed by atoms with Crippen LogP contribution >= 0.6 is 0 Å². The predicted octanol–water partition coefficient (Wildman–Crippen LogP) is 3.46. The van der Waals surface area contributed by atoms with Crippen molar-refractivity contribution in [3.63, 3.8) is 0 Å². The number of esters is 1. The van der Waals surface area contributed by atoms with Crippen LogP contribution in [-0.2, 0) is 22.1 Å². The summed E-state index contributed by atoms with van der Waals surface area (Å²) in [6.45, 7) is 0. The minimum absolute atomic E-state index is 0.105. The van der Waals surface area contributed by atoms with Crippen LogP contribution in [0.15, 0.2) is 18.2 Å². The molecule has 3 nitrogen and oxygen atoms in total. The van der Waals surface area contributed by atoms with Gasteiger partial charge in [0.1, 0.15) is 5.75 Å². The molecule has 6 heteroatoms. The zero-order chi connectivity index (χ0) is 15.6. The van der Waals surface area contributed by atoms with Crippen LogP contribution in [0.25, 0.3) is 0 Å². The molecule has 2 atom stereocenters. The SMILES string of the molecule is COC(=O)C1CC1CCc1cc(C(F)(F)F)ccc1OC. The van der Waals surface area contributed by atoms with Gasteiger partial charge in [0, 0.05) is 0 Å². The fraction of sp³-hybridized carbons (Fsp3) is 0.533. The molecule has 0 aromatic heterocycles. The maximum absolute atomic E-state index is 12.7. The lowest BCUT2D eigenvalue weighted by atomic mass is 10.0. The van der Waals surface area contributed by atoms with Crippen molar-refractivity contribution in [3.8, 4) is 5.75 Å². The van der Waals surface area contributed by atoms with Gasteiger partial charge < -0.3 is 9.47 Å². The lowest BCUT2D eigenvalue weighted by Gasteiger charge is -2.12. The zero-order valence-corrected chi connectivity index (χ0v) is 11.9. The lowest BCUT2D eigenvalue weighted by Crippen LogP contribution is -2.07. The first-order valence-corrected chi connectivity index (χ1v) is 6.68. The molecule has 1 fully saturated rings. The number of carbonyl (C=O) groups excluding carboxylic acids is 1. The number of rotatable bonds is 5. The molecule has 116 valence electrons. The first-order chi connectivity index (χ1) is 9.86. The van der Waals surface area contributed by atoms with Crippen LogP contribution < -0.4 is 4.74 Å². The average molecular weight is 302 g/mol. The van der Waals surface area contributed by atoms with Crippen molar-refractivity contribution in [2.75, 3.05) is 14.2 Å². The van der Waals surface area contributed by atoms with E-state index < -0.39 is 11.7 Å². The molecule has 0 radical (unpaired) electrons. The van der Waals surface area contributed by atoms with Gasteiger partial charge >= 0.3 is 12.1 Å². The fourth-order valence-corrected chi connectivity index (χ4v) is 2.50. The summed E-state index contributed by atoms with van der Waals surface area (Å²) in [5.41, 5.74) is -0.165. The number of hydrogen-bond acceptors (Lipinski definition) is 3. The van der Waals surface area contributed by atoms with Gasteiger partial charge in [-0.05, 0) is 48.9 Å². The van der Waals surface area contributed by atoms with Gasteiger partial charge in [-0.2, -0.15) is 13.2 Å². The van der Waals surface area contributed by atoms with Gasteiger partial charge in [0.15, 0.2) is 0 Å². The van der Waals surface area contributed by atoms with Gasteiger partial charge in [-0.25, -0.2) is 0 Å². The highest BCUT2D eigenvalue weighted by Gasteiger charge is 2.43. The quantitative estimate of drug-likeness (QED) is 0.781. The number of ether oxygens (including phenoxy) is 2. The molecule has 1 saturated carbocycles. The smallest absolute Gasteiger partial charge is 0.416 e. The number of carbonyl (C=O) groups is 1. The van der Waals surface area contributed by atoms with E-state index in [-0.39, 0.29) is 17.8 Å². The lowest BCUT2D eigenvalue weighted by molar-refractivity contribution is -0.142. The van der Waals surface area contributed by atoms with Crippen LogP contribution in [0.3, 0.4) is 0 Å². The van der Waals surface area contributed by atoms with Crippen molar-refractivity contribution in [3.05, 3.63) is 29.3 Å². The Morgan fingerprint density at radius 3 is 2.62 bits per heavy atom. The van der Waals surface area contributed by atoms with E-state index in [9.17, 15) is 18.0 Å². The summed E-state index contributed by atoms with van der Waals surface area (Å²) in [6.07, 6.45) is -2.52. The van der Waals surface area contributed by atoms with Crippen LogP contribution in [0, 0.1) is 11.8 Å². The number of methoxy groups -OCH3 is 2. The first kappa shape index (κ1) is 15.7. The molecule has 0 N–H and O–H groups in total. The molecular formula is C15H17F3O3. The third-order valence-corrected chi connectivity index (χ3v) is 3.82. The first-order valence-electron chi connectivity index (χ1n) is 6.68. The maximum atomic E-state index is 12.7. The predicted molar refractivity (Wildman–Crippen MR) is 69.9 cm³/mol. The van der Waals surface area contributed by atoms with Crippen LogP contribution in [0.5, 0.6) is 5.75 Å². The molecule has 2 rings (SSSR count). The van der Waals surface area contributed by atoms with E-state index >= 15 is 0 Å². The summed E-state index contributed by atoms with van der Waals surface area (Å²) in [6, 6.07) is 3.47. The third-order valence-electron chi connectivity index (χ3n) is 3.82. The Balaban J connectivity index is 2.04. The highest BCUT2D eigenvalue weighted by Crippen LogP contribution is 2.43. The fourth-order valence-electron chi connectivity index (χ4n) is 2.50. The minimum atomic E-state index is -4.37. The van der Waals surface area contributed by atoms with Crippen LogP contribution in [0.4, 0.5) is 13.2 Å². The molecule has 1 aromatic rings.